The Hall–Kier alpha value is -6.90. The minimum absolute atomic E-state index is 0.552. The van der Waals surface area contributed by atoms with Crippen molar-refractivity contribution in [3.05, 3.63) is 222 Å². The first-order chi connectivity index (χ1) is 26.3. The number of fused-ring (bicyclic) bond motifs is 12. The molecule has 9 aromatic carbocycles. The Morgan fingerprint density at radius 2 is 0.981 bits per heavy atom. The van der Waals surface area contributed by atoms with E-state index in [1.807, 2.05) is 0 Å². The quantitative estimate of drug-likeness (QED) is 0.184. The average Bonchev–Trinajstić information content (AvgIpc) is 3.51. The minimum Gasteiger partial charge on any atom is -0.456 e. The topological polar surface area (TPSA) is 12.5 Å². The molecule has 0 fully saturated rings. The van der Waals surface area contributed by atoms with Gasteiger partial charge in [0.05, 0.1) is 11.1 Å². The second-order valence-corrected chi connectivity index (χ2v) is 14.0. The zero-order chi connectivity index (χ0) is 34.9. The van der Waals surface area contributed by atoms with Gasteiger partial charge in [-0.2, -0.15) is 0 Å². The van der Waals surface area contributed by atoms with E-state index >= 15 is 0 Å². The van der Waals surface area contributed by atoms with Gasteiger partial charge in [-0.25, -0.2) is 0 Å². The van der Waals surface area contributed by atoms with Crippen LogP contribution in [0, 0.1) is 0 Å². The van der Waals surface area contributed by atoms with E-state index < -0.39 is 5.41 Å². The molecule has 2 nitrogen and oxygen atoms in total. The fourth-order valence-corrected chi connectivity index (χ4v) is 9.11. The molecule has 0 radical (unpaired) electrons. The molecule has 0 N–H and O–H groups in total. The third-order valence-electron chi connectivity index (χ3n) is 11.3. The summed E-state index contributed by atoms with van der Waals surface area (Å²) in [6.45, 7) is 0. The van der Waals surface area contributed by atoms with E-state index in [9.17, 15) is 0 Å². The number of ether oxygens (including phenoxy) is 1. The maximum atomic E-state index is 6.88. The number of para-hydroxylation sites is 3. The molecule has 1 spiro atoms. The van der Waals surface area contributed by atoms with E-state index in [4.69, 9.17) is 4.74 Å². The van der Waals surface area contributed by atoms with Crippen molar-refractivity contribution in [2.75, 3.05) is 4.90 Å². The van der Waals surface area contributed by atoms with Crippen molar-refractivity contribution >= 4 is 38.6 Å². The molecule has 248 valence electrons. The maximum absolute atomic E-state index is 6.88. The van der Waals surface area contributed by atoms with Gasteiger partial charge in [0.1, 0.15) is 11.5 Å². The minimum atomic E-state index is -0.552. The third-order valence-corrected chi connectivity index (χ3v) is 11.3. The summed E-state index contributed by atoms with van der Waals surface area (Å²) in [5.74, 6) is 1.84. The summed E-state index contributed by atoms with van der Waals surface area (Å²) in [6.07, 6.45) is 0. The SMILES string of the molecule is c1ccc(N(c2ccccc2)c2ccc(-c3ccc4c(c3)C3(c5ccccc5Oc5c3ccc3ccccc53)c3ccccc3-4)c3ccccc23)cc1. The lowest BCUT2D eigenvalue weighted by atomic mass is 9.65. The van der Waals surface area contributed by atoms with Crippen LogP contribution in [-0.2, 0) is 5.41 Å². The van der Waals surface area contributed by atoms with Crippen LogP contribution in [0.2, 0.25) is 0 Å². The summed E-state index contributed by atoms with van der Waals surface area (Å²) >= 11 is 0. The Morgan fingerprint density at radius 1 is 0.377 bits per heavy atom. The molecule has 2 heteroatoms. The first-order valence-electron chi connectivity index (χ1n) is 18.3. The lowest BCUT2D eigenvalue weighted by molar-refractivity contribution is 0.442. The van der Waals surface area contributed by atoms with Gasteiger partial charge in [-0.3, -0.25) is 0 Å². The molecule has 0 saturated heterocycles. The first-order valence-corrected chi connectivity index (χ1v) is 18.3. The fourth-order valence-electron chi connectivity index (χ4n) is 9.11. The van der Waals surface area contributed by atoms with Gasteiger partial charge < -0.3 is 9.64 Å². The number of hydrogen-bond acceptors (Lipinski definition) is 2. The summed E-state index contributed by atoms with van der Waals surface area (Å²) in [6, 6.07) is 72.6. The van der Waals surface area contributed by atoms with Crippen LogP contribution in [-0.4, -0.2) is 0 Å². The molecule has 0 bridgehead atoms. The Balaban J connectivity index is 1.17. The van der Waals surface area contributed by atoms with E-state index in [1.54, 1.807) is 0 Å². The normalized spacial score (nSPS) is 15.0. The highest BCUT2D eigenvalue weighted by Crippen LogP contribution is 2.63. The third kappa shape index (κ3) is 4.27. The summed E-state index contributed by atoms with van der Waals surface area (Å²) < 4.78 is 6.88. The summed E-state index contributed by atoms with van der Waals surface area (Å²) in [5.41, 5.74) is 12.7. The molecule has 11 rings (SSSR count). The lowest BCUT2D eigenvalue weighted by Crippen LogP contribution is -2.32. The molecule has 0 amide bonds. The van der Waals surface area contributed by atoms with Crippen molar-refractivity contribution in [3.8, 4) is 33.8 Å². The largest absolute Gasteiger partial charge is 0.456 e. The molecule has 1 atom stereocenters. The van der Waals surface area contributed by atoms with Gasteiger partial charge >= 0.3 is 0 Å². The summed E-state index contributed by atoms with van der Waals surface area (Å²) in [7, 11) is 0. The Kier molecular flexibility index (Phi) is 6.50. The molecule has 1 unspecified atom stereocenters. The van der Waals surface area contributed by atoms with Gasteiger partial charge in [0.25, 0.3) is 0 Å². The Morgan fingerprint density at radius 3 is 1.77 bits per heavy atom. The Labute approximate surface area is 308 Å². The highest BCUT2D eigenvalue weighted by atomic mass is 16.5. The van der Waals surface area contributed by atoms with Crippen LogP contribution < -0.4 is 9.64 Å². The average molecular weight is 676 g/mol. The molecular formula is C51H33NO. The van der Waals surface area contributed by atoms with Crippen LogP contribution in [0.4, 0.5) is 17.1 Å². The number of nitrogens with zero attached hydrogens (tertiary/aromatic N) is 1. The number of benzene rings is 9. The van der Waals surface area contributed by atoms with E-state index in [-0.39, 0.29) is 0 Å². The van der Waals surface area contributed by atoms with Gasteiger partial charge in [0.15, 0.2) is 0 Å². The molecule has 1 heterocycles. The maximum Gasteiger partial charge on any atom is 0.140 e. The van der Waals surface area contributed by atoms with Crippen LogP contribution in [0.3, 0.4) is 0 Å². The molecule has 2 aliphatic rings. The summed E-state index contributed by atoms with van der Waals surface area (Å²) in [4.78, 5) is 2.36. The highest BCUT2D eigenvalue weighted by molar-refractivity contribution is 6.07. The highest BCUT2D eigenvalue weighted by Gasteiger charge is 2.51. The van der Waals surface area contributed by atoms with Crippen molar-refractivity contribution in [2.45, 2.75) is 5.41 Å². The van der Waals surface area contributed by atoms with Gasteiger partial charge in [-0.15, -0.1) is 0 Å². The second-order valence-electron chi connectivity index (χ2n) is 14.0. The smallest absolute Gasteiger partial charge is 0.140 e. The molecule has 1 aliphatic heterocycles. The van der Waals surface area contributed by atoms with E-state index in [0.717, 1.165) is 33.9 Å². The lowest BCUT2D eigenvalue weighted by Gasteiger charge is -2.40. The standard InChI is InChI=1S/C51H33NO/c1-3-16-36(17-4-1)52(37-18-5-2-6-19-37)48-32-30-38(40-21-9-10-23-43(40)48)35-27-29-42-41-22-11-12-24-44(41)51(47(42)33-35)45-25-13-14-26-49(45)53-50-39-20-8-7-15-34(39)28-31-46(50)51/h1-33H. The Bertz CT molecular complexity index is 2840. The predicted molar refractivity (Wildman–Crippen MR) is 219 cm³/mol. The van der Waals surface area contributed by atoms with Gasteiger partial charge in [-0.05, 0) is 86.6 Å². The van der Waals surface area contributed by atoms with Gasteiger partial charge in [0.2, 0.25) is 0 Å². The fraction of sp³-hybridized carbons (Fsp3) is 0.0196. The molecule has 0 saturated carbocycles. The monoisotopic (exact) mass is 675 g/mol. The van der Waals surface area contributed by atoms with E-state index in [1.165, 1.54) is 60.7 Å². The zero-order valence-corrected chi connectivity index (χ0v) is 28.9. The molecular weight excluding hydrogens is 643 g/mol. The van der Waals surface area contributed by atoms with E-state index in [0.29, 0.717) is 0 Å². The number of hydrogen-bond donors (Lipinski definition) is 0. The van der Waals surface area contributed by atoms with Crippen molar-refractivity contribution in [1.82, 2.24) is 0 Å². The van der Waals surface area contributed by atoms with Gasteiger partial charge in [0, 0.05) is 33.3 Å². The first kappa shape index (κ1) is 29.8. The van der Waals surface area contributed by atoms with Crippen LogP contribution in [0.25, 0.3) is 43.8 Å². The number of anilines is 3. The van der Waals surface area contributed by atoms with Crippen LogP contribution in [0.5, 0.6) is 11.5 Å². The molecule has 53 heavy (non-hydrogen) atoms. The van der Waals surface area contributed by atoms with Crippen LogP contribution in [0.1, 0.15) is 22.3 Å². The predicted octanol–water partition coefficient (Wildman–Crippen LogP) is 13.6. The second kappa shape index (κ2) is 11.6. The zero-order valence-electron chi connectivity index (χ0n) is 28.9. The summed E-state index contributed by atoms with van der Waals surface area (Å²) in [5, 5.41) is 4.71. The molecule has 9 aromatic rings. The van der Waals surface area contributed by atoms with Crippen molar-refractivity contribution in [2.24, 2.45) is 0 Å². The van der Waals surface area contributed by atoms with Crippen molar-refractivity contribution in [1.29, 1.82) is 0 Å². The van der Waals surface area contributed by atoms with Gasteiger partial charge in [-0.1, -0.05) is 158 Å². The number of rotatable bonds is 4. The van der Waals surface area contributed by atoms with Crippen molar-refractivity contribution < 1.29 is 4.74 Å². The molecule has 0 aromatic heterocycles. The van der Waals surface area contributed by atoms with Crippen LogP contribution in [0.15, 0.2) is 200 Å². The van der Waals surface area contributed by atoms with Crippen LogP contribution >= 0.6 is 0 Å². The van der Waals surface area contributed by atoms with Crippen molar-refractivity contribution in [3.63, 3.8) is 0 Å². The molecule has 1 aliphatic carbocycles. The van der Waals surface area contributed by atoms with E-state index in [2.05, 4.69) is 205 Å².